The highest BCUT2D eigenvalue weighted by molar-refractivity contribution is 7.91. The molecular weight excluding hydrogens is 302 g/mol. The zero-order valence-corrected chi connectivity index (χ0v) is 14.0. The zero-order valence-electron chi connectivity index (χ0n) is 13.1. The van der Waals surface area contributed by atoms with E-state index < -0.39 is 15.1 Å². The van der Waals surface area contributed by atoms with Crippen LogP contribution >= 0.6 is 0 Å². The third-order valence-corrected chi connectivity index (χ3v) is 5.93. The van der Waals surface area contributed by atoms with Gasteiger partial charge in [-0.2, -0.15) is 0 Å². The smallest absolute Gasteiger partial charge is 0.289 e. The summed E-state index contributed by atoms with van der Waals surface area (Å²) in [5.74, 6) is 0.0896. The molecule has 1 aromatic carbocycles. The van der Waals surface area contributed by atoms with E-state index in [2.05, 4.69) is 0 Å². The maximum Gasteiger partial charge on any atom is 0.289 e. The Kier molecular flexibility index (Phi) is 3.32. The summed E-state index contributed by atoms with van der Waals surface area (Å²) >= 11 is 0. The van der Waals surface area contributed by atoms with Crippen molar-refractivity contribution in [3.05, 3.63) is 34.6 Å². The lowest BCUT2D eigenvalue weighted by molar-refractivity contribution is 0.0627. The van der Waals surface area contributed by atoms with Gasteiger partial charge < -0.3 is 9.32 Å². The third kappa shape index (κ3) is 2.22. The monoisotopic (exact) mass is 321 g/mol. The van der Waals surface area contributed by atoms with Crippen LogP contribution in [-0.4, -0.2) is 43.8 Å². The van der Waals surface area contributed by atoms with Crippen LogP contribution in [0.3, 0.4) is 0 Å². The first-order chi connectivity index (χ1) is 10.2. The van der Waals surface area contributed by atoms with Crippen LogP contribution in [0.5, 0.6) is 0 Å². The molecule has 3 rings (SSSR count). The van der Waals surface area contributed by atoms with Crippen molar-refractivity contribution < 1.29 is 17.6 Å². The van der Waals surface area contributed by atoms with Crippen LogP contribution in [0.25, 0.3) is 11.0 Å². The first-order valence-electron chi connectivity index (χ1n) is 7.17. The summed E-state index contributed by atoms with van der Waals surface area (Å²) in [7, 11) is -3.09. The van der Waals surface area contributed by atoms with Crippen molar-refractivity contribution >= 4 is 26.7 Å². The van der Waals surface area contributed by atoms with Crippen LogP contribution in [0.2, 0.25) is 0 Å². The van der Waals surface area contributed by atoms with E-state index >= 15 is 0 Å². The maximum absolute atomic E-state index is 12.5. The second kappa shape index (κ2) is 4.84. The largest absolute Gasteiger partial charge is 0.450 e. The normalized spacial score (nSPS) is 16.1. The first-order valence-corrected chi connectivity index (χ1v) is 9.13. The van der Waals surface area contributed by atoms with E-state index in [1.54, 1.807) is 0 Å². The van der Waals surface area contributed by atoms with Gasteiger partial charge in [0, 0.05) is 30.3 Å². The third-order valence-electron chi connectivity index (χ3n) is 4.42. The average molecular weight is 321 g/mol. The van der Waals surface area contributed by atoms with E-state index in [1.807, 2.05) is 32.9 Å². The van der Waals surface area contributed by atoms with Gasteiger partial charge in [-0.3, -0.25) is 4.79 Å². The number of likely N-dealkylation sites (tertiary alicyclic amines) is 1. The molecule has 0 aliphatic carbocycles. The van der Waals surface area contributed by atoms with Gasteiger partial charge in [-0.15, -0.1) is 0 Å². The fraction of sp³-hybridized carbons (Fsp3) is 0.438. The molecule has 0 saturated carbocycles. The Labute approximate surface area is 129 Å². The first kappa shape index (κ1) is 15.1. The topological polar surface area (TPSA) is 67.6 Å². The summed E-state index contributed by atoms with van der Waals surface area (Å²) in [5, 5.41) is 0.521. The fourth-order valence-corrected chi connectivity index (χ4v) is 3.80. The number of fused-ring (bicyclic) bond motifs is 1. The summed E-state index contributed by atoms with van der Waals surface area (Å²) in [6.07, 6.45) is 1.21. The second-order valence-electron chi connectivity index (χ2n) is 6.12. The summed E-state index contributed by atoms with van der Waals surface area (Å²) < 4.78 is 28.7. The molecule has 1 aromatic heterocycles. The van der Waals surface area contributed by atoms with E-state index in [1.165, 1.54) is 11.2 Å². The molecule has 22 heavy (non-hydrogen) atoms. The second-order valence-corrected chi connectivity index (χ2v) is 8.45. The van der Waals surface area contributed by atoms with E-state index in [9.17, 15) is 13.2 Å². The molecule has 0 unspecified atom stereocenters. The summed E-state index contributed by atoms with van der Waals surface area (Å²) in [5.41, 5.74) is 3.61. The van der Waals surface area contributed by atoms with Gasteiger partial charge in [-0.05, 0) is 31.9 Å². The number of nitrogens with zero attached hydrogens (tertiary/aromatic N) is 1. The molecule has 2 aromatic rings. The van der Waals surface area contributed by atoms with Gasteiger partial charge in [0.15, 0.2) is 15.6 Å². The SMILES string of the molecule is Cc1ccc(C)c2c(C)c(C(=O)N3CC(S(C)(=O)=O)C3)oc12. The molecule has 1 aliphatic rings. The molecule has 1 fully saturated rings. The molecule has 0 bridgehead atoms. The van der Waals surface area contributed by atoms with Crippen molar-refractivity contribution in [3.63, 3.8) is 0 Å². The summed E-state index contributed by atoms with van der Waals surface area (Å²) in [6, 6.07) is 3.98. The highest BCUT2D eigenvalue weighted by Crippen LogP contribution is 2.32. The molecule has 5 nitrogen and oxygen atoms in total. The Bertz CT molecular complexity index is 873. The number of hydrogen-bond donors (Lipinski definition) is 0. The standard InChI is InChI=1S/C16H19NO4S/c1-9-5-6-10(2)14-13(9)11(3)15(21-14)16(18)17-7-12(8-17)22(4,19)20/h5-6,12H,7-8H2,1-4H3. The number of hydrogen-bond acceptors (Lipinski definition) is 4. The Morgan fingerprint density at radius 2 is 1.77 bits per heavy atom. The highest BCUT2D eigenvalue weighted by atomic mass is 32.2. The van der Waals surface area contributed by atoms with Crippen LogP contribution < -0.4 is 0 Å². The molecule has 118 valence electrons. The van der Waals surface area contributed by atoms with Crippen molar-refractivity contribution in [2.75, 3.05) is 19.3 Å². The van der Waals surface area contributed by atoms with Crippen molar-refractivity contribution in [2.24, 2.45) is 0 Å². The Balaban J connectivity index is 1.95. The lowest BCUT2D eigenvalue weighted by atomic mass is 10.0. The predicted molar refractivity (Wildman–Crippen MR) is 85.0 cm³/mol. The van der Waals surface area contributed by atoms with Gasteiger partial charge in [-0.25, -0.2) is 8.42 Å². The molecule has 2 heterocycles. The van der Waals surface area contributed by atoms with Crippen LogP contribution in [0.15, 0.2) is 16.5 Å². The maximum atomic E-state index is 12.5. The van der Waals surface area contributed by atoms with Crippen LogP contribution in [-0.2, 0) is 9.84 Å². The van der Waals surface area contributed by atoms with Crippen LogP contribution in [0.1, 0.15) is 27.2 Å². The van der Waals surface area contributed by atoms with Crippen LogP contribution in [0.4, 0.5) is 0 Å². The number of amides is 1. The number of rotatable bonds is 2. The van der Waals surface area contributed by atoms with Crippen molar-refractivity contribution in [2.45, 2.75) is 26.0 Å². The van der Waals surface area contributed by atoms with Crippen LogP contribution in [0, 0.1) is 20.8 Å². The van der Waals surface area contributed by atoms with Gasteiger partial charge in [0.25, 0.3) is 5.91 Å². The molecule has 1 amide bonds. The number of benzene rings is 1. The van der Waals surface area contributed by atoms with Gasteiger partial charge >= 0.3 is 0 Å². The van der Waals surface area contributed by atoms with Gasteiger partial charge in [0.2, 0.25) is 0 Å². The molecule has 0 spiro atoms. The van der Waals surface area contributed by atoms with Gasteiger partial charge in [0.1, 0.15) is 5.58 Å². The number of sulfone groups is 1. The van der Waals surface area contributed by atoms with E-state index in [4.69, 9.17) is 4.42 Å². The van der Waals surface area contributed by atoms with E-state index in [0.29, 0.717) is 5.76 Å². The number of aryl methyl sites for hydroxylation is 3. The minimum absolute atomic E-state index is 0.229. The Morgan fingerprint density at radius 1 is 1.18 bits per heavy atom. The Morgan fingerprint density at radius 3 is 2.32 bits per heavy atom. The summed E-state index contributed by atoms with van der Waals surface area (Å²) in [4.78, 5) is 14.1. The van der Waals surface area contributed by atoms with E-state index in [-0.39, 0.29) is 19.0 Å². The van der Waals surface area contributed by atoms with Crippen molar-refractivity contribution in [1.82, 2.24) is 4.90 Å². The fourth-order valence-electron chi connectivity index (χ4n) is 2.90. The molecule has 0 N–H and O–H groups in total. The van der Waals surface area contributed by atoms with E-state index in [0.717, 1.165) is 27.7 Å². The minimum Gasteiger partial charge on any atom is -0.450 e. The predicted octanol–water partition coefficient (Wildman–Crippen LogP) is 2.23. The number of carbonyl (C=O) groups is 1. The quantitative estimate of drug-likeness (QED) is 0.850. The molecule has 0 radical (unpaired) electrons. The minimum atomic E-state index is -3.09. The molecule has 1 aliphatic heterocycles. The zero-order chi connectivity index (χ0) is 16.2. The number of carbonyl (C=O) groups excluding carboxylic acids is 1. The lowest BCUT2D eigenvalue weighted by Gasteiger charge is -2.37. The van der Waals surface area contributed by atoms with Crippen molar-refractivity contribution in [3.8, 4) is 0 Å². The summed E-state index contributed by atoms with van der Waals surface area (Å²) in [6.45, 7) is 6.29. The molecular formula is C16H19NO4S. The molecule has 1 saturated heterocycles. The Hall–Kier alpha value is -1.82. The van der Waals surface area contributed by atoms with Gasteiger partial charge in [-0.1, -0.05) is 12.1 Å². The molecule has 6 heteroatoms. The van der Waals surface area contributed by atoms with Crippen molar-refractivity contribution in [1.29, 1.82) is 0 Å². The number of furan rings is 1. The lowest BCUT2D eigenvalue weighted by Crippen LogP contribution is -2.56. The molecule has 0 atom stereocenters. The highest BCUT2D eigenvalue weighted by Gasteiger charge is 2.39. The van der Waals surface area contributed by atoms with Gasteiger partial charge in [0.05, 0.1) is 5.25 Å². The average Bonchev–Trinajstić information content (AvgIpc) is 2.69.